The third-order valence-corrected chi connectivity index (χ3v) is 6.70. The Bertz CT molecular complexity index is 718. The summed E-state index contributed by atoms with van der Waals surface area (Å²) < 4.78 is 10.9. The first-order valence-electron chi connectivity index (χ1n) is 12.5. The van der Waals surface area contributed by atoms with Crippen molar-refractivity contribution in [2.45, 2.75) is 44.7 Å². The van der Waals surface area contributed by atoms with Crippen LogP contribution in [0.2, 0.25) is 0 Å². The van der Waals surface area contributed by atoms with Crippen molar-refractivity contribution in [3.63, 3.8) is 0 Å². The molecular formula is C25H42IN5O2. The molecule has 0 radical (unpaired) electrons. The minimum atomic E-state index is 0. The highest BCUT2D eigenvalue weighted by molar-refractivity contribution is 14.0. The maximum absolute atomic E-state index is 5.59. The molecule has 186 valence electrons. The van der Waals surface area contributed by atoms with Crippen LogP contribution < -0.4 is 15.4 Å². The average Bonchev–Trinajstić information content (AvgIpc) is 3.74. The zero-order valence-electron chi connectivity index (χ0n) is 20.3. The Morgan fingerprint density at radius 2 is 1.88 bits per heavy atom. The van der Waals surface area contributed by atoms with Gasteiger partial charge in [-0.3, -0.25) is 14.8 Å². The number of hydrogen-bond donors (Lipinski definition) is 2. The number of guanidine groups is 1. The van der Waals surface area contributed by atoms with Gasteiger partial charge in [-0.05, 0) is 56.2 Å². The fraction of sp³-hybridized carbons (Fsp3) is 0.720. The number of rotatable bonds is 12. The molecule has 2 saturated carbocycles. The Kier molecular flexibility index (Phi) is 11.0. The molecule has 7 nitrogen and oxygen atoms in total. The van der Waals surface area contributed by atoms with Crippen molar-refractivity contribution in [3.05, 3.63) is 29.8 Å². The standard InChI is InChI=1S/C25H41N5O2.HI/c1-3-26-25(27-12-13-30(22-8-9-22)19-20-4-5-20)28-18-24(29-14-16-32-17-15-29)21-6-10-23(31-2)11-7-21;/h6-7,10-11,20,22,24H,3-5,8-9,12-19H2,1-2H3,(H2,26,27,28);1H. The van der Waals surface area contributed by atoms with Crippen LogP contribution in [0.15, 0.2) is 29.3 Å². The van der Waals surface area contributed by atoms with Crippen LogP contribution in [-0.4, -0.2) is 87.9 Å². The average molecular weight is 572 g/mol. The smallest absolute Gasteiger partial charge is 0.191 e. The van der Waals surface area contributed by atoms with Crippen molar-refractivity contribution < 1.29 is 9.47 Å². The number of aliphatic imine (C=N–C) groups is 1. The quantitative estimate of drug-likeness (QED) is 0.229. The molecule has 33 heavy (non-hydrogen) atoms. The highest BCUT2D eigenvalue weighted by atomic mass is 127. The first kappa shape index (κ1) is 26.5. The Morgan fingerprint density at radius 3 is 2.48 bits per heavy atom. The second-order valence-corrected chi connectivity index (χ2v) is 9.25. The normalized spacial score (nSPS) is 20.3. The van der Waals surface area contributed by atoms with Gasteiger partial charge in [-0.1, -0.05) is 12.1 Å². The fourth-order valence-electron chi connectivity index (χ4n) is 4.48. The molecule has 0 amide bonds. The van der Waals surface area contributed by atoms with E-state index in [1.165, 1.54) is 37.8 Å². The zero-order chi connectivity index (χ0) is 22.2. The Labute approximate surface area is 216 Å². The monoisotopic (exact) mass is 571 g/mol. The molecule has 0 aromatic heterocycles. The fourth-order valence-corrected chi connectivity index (χ4v) is 4.48. The summed E-state index contributed by atoms with van der Waals surface area (Å²) in [5.74, 6) is 2.76. The van der Waals surface area contributed by atoms with Gasteiger partial charge in [0.05, 0.1) is 32.9 Å². The second kappa shape index (κ2) is 13.7. The summed E-state index contributed by atoms with van der Waals surface area (Å²) in [4.78, 5) is 10.2. The van der Waals surface area contributed by atoms with Gasteiger partial charge in [0.25, 0.3) is 0 Å². The number of hydrogen-bond acceptors (Lipinski definition) is 5. The van der Waals surface area contributed by atoms with Crippen molar-refractivity contribution >= 4 is 29.9 Å². The molecule has 1 aromatic carbocycles. The molecular weight excluding hydrogens is 529 g/mol. The predicted molar refractivity (Wildman–Crippen MR) is 145 cm³/mol. The molecule has 2 aliphatic carbocycles. The van der Waals surface area contributed by atoms with Gasteiger partial charge < -0.3 is 20.1 Å². The summed E-state index contributed by atoms with van der Waals surface area (Å²) in [5, 5.41) is 7.03. The van der Waals surface area contributed by atoms with Gasteiger partial charge in [-0.25, -0.2) is 0 Å². The van der Waals surface area contributed by atoms with E-state index in [1.54, 1.807) is 7.11 Å². The number of benzene rings is 1. The molecule has 2 N–H and O–H groups in total. The molecule has 0 spiro atoms. The molecule has 8 heteroatoms. The highest BCUT2D eigenvalue weighted by Gasteiger charge is 2.33. The van der Waals surface area contributed by atoms with Crippen molar-refractivity contribution in [1.29, 1.82) is 0 Å². The van der Waals surface area contributed by atoms with Crippen molar-refractivity contribution in [1.82, 2.24) is 20.4 Å². The summed E-state index contributed by atoms with van der Waals surface area (Å²) in [5.41, 5.74) is 1.27. The van der Waals surface area contributed by atoms with Crippen molar-refractivity contribution in [3.8, 4) is 5.75 Å². The molecule has 4 rings (SSSR count). The lowest BCUT2D eigenvalue weighted by molar-refractivity contribution is 0.0179. The van der Waals surface area contributed by atoms with Crippen LogP contribution in [0.3, 0.4) is 0 Å². The first-order chi connectivity index (χ1) is 15.8. The minimum Gasteiger partial charge on any atom is -0.497 e. The van der Waals surface area contributed by atoms with Gasteiger partial charge in [-0.15, -0.1) is 24.0 Å². The molecule has 1 atom stereocenters. The summed E-state index contributed by atoms with van der Waals surface area (Å²) in [6.07, 6.45) is 5.61. The van der Waals surface area contributed by atoms with Gasteiger partial charge in [0.2, 0.25) is 0 Å². The van der Waals surface area contributed by atoms with E-state index < -0.39 is 0 Å². The topological polar surface area (TPSA) is 61.4 Å². The molecule has 1 aliphatic heterocycles. The molecule has 1 saturated heterocycles. The lowest BCUT2D eigenvalue weighted by Crippen LogP contribution is -2.44. The van der Waals surface area contributed by atoms with Crippen LogP contribution >= 0.6 is 24.0 Å². The van der Waals surface area contributed by atoms with E-state index in [2.05, 4.69) is 39.5 Å². The summed E-state index contributed by atoms with van der Waals surface area (Å²) in [6.45, 7) is 10.5. The number of nitrogens with one attached hydrogen (secondary N) is 2. The lowest BCUT2D eigenvalue weighted by atomic mass is 10.0. The number of morpholine rings is 1. The Balaban J connectivity index is 0.00000306. The number of ether oxygens (including phenoxy) is 2. The van der Waals surface area contributed by atoms with E-state index in [0.29, 0.717) is 0 Å². The van der Waals surface area contributed by atoms with Crippen LogP contribution in [-0.2, 0) is 4.74 Å². The number of methoxy groups -OCH3 is 1. The van der Waals surface area contributed by atoms with Gasteiger partial charge in [-0.2, -0.15) is 0 Å². The van der Waals surface area contributed by atoms with E-state index in [-0.39, 0.29) is 30.0 Å². The Hall–Kier alpha value is -1.10. The van der Waals surface area contributed by atoms with Crippen LogP contribution in [0.25, 0.3) is 0 Å². The van der Waals surface area contributed by atoms with E-state index in [4.69, 9.17) is 14.5 Å². The summed E-state index contributed by atoms with van der Waals surface area (Å²) in [6, 6.07) is 9.49. The molecule has 1 unspecified atom stereocenters. The van der Waals surface area contributed by atoms with Crippen molar-refractivity contribution in [2.75, 3.05) is 66.1 Å². The molecule has 1 aromatic rings. The maximum atomic E-state index is 5.59. The minimum absolute atomic E-state index is 0. The largest absolute Gasteiger partial charge is 0.497 e. The maximum Gasteiger partial charge on any atom is 0.191 e. The zero-order valence-corrected chi connectivity index (χ0v) is 22.6. The van der Waals surface area contributed by atoms with Crippen LogP contribution in [0.5, 0.6) is 5.75 Å². The lowest BCUT2D eigenvalue weighted by Gasteiger charge is -2.34. The van der Waals surface area contributed by atoms with Crippen LogP contribution in [0.1, 0.15) is 44.2 Å². The van der Waals surface area contributed by atoms with Gasteiger partial charge in [0.15, 0.2) is 5.96 Å². The second-order valence-electron chi connectivity index (χ2n) is 9.25. The molecule has 0 bridgehead atoms. The third-order valence-electron chi connectivity index (χ3n) is 6.70. The van der Waals surface area contributed by atoms with Crippen LogP contribution in [0, 0.1) is 5.92 Å². The van der Waals surface area contributed by atoms with E-state index in [0.717, 1.165) is 76.2 Å². The number of nitrogens with zero attached hydrogens (tertiary/aromatic N) is 3. The van der Waals surface area contributed by atoms with E-state index >= 15 is 0 Å². The van der Waals surface area contributed by atoms with Gasteiger partial charge >= 0.3 is 0 Å². The molecule has 3 aliphatic rings. The Morgan fingerprint density at radius 1 is 1.15 bits per heavy atom. The first-order valence-corrected chi connectivity index (χ1v) is 12.5. The van der Waals surface area contributed by atoms with Crippen LogP contribution in [0.4, 0.5) is 0 Å². The molecule has 1 heterocycles. The summed E-state index contributed by atoms with van der Waals surface area (Å²) >= 11 is 0. The third kappa shape index (κ3) is 8.56. The SMILES string of the molecule is CCNC(=NCC(c1ccc(OC)cc1)N1CCOCC1)NCCN(CC1CC1)C1CC1.I. The predicted octanol–water partition coefficient (Wildman–Crippen LogP) is 3.12. The van der Waals surface area contributed by atoms with E-state index in [9.17, 15) is 0 Å². The van der Waals surface area contributed by atoms with Crippen molar-refractivity contribution in [2.24, 2.45) is 10.9 Å². The van der Waals surface area contributed by atoms with Gasteiger partial charge in [0.1, 0.15) is 5.75 Å². The van der Waals surface area contributed by atoms with E-state index in [1.807, 2.05) is 12.1 Å². The van der Waals surface area contributed by atoms with Gasteiger partial charge in [0, 0.05) is 45.3 Å². The highest BCUT2D eigenvalue weighted by Crippen LogP contribution is 2.34. The molecule has 3 fully saturated rings. The number of halogens is 1. The summed E-state index contributed by atoms with van der Waals surface area (Å²) in [7, 11) is 1.71.